The third-order valence-electron chi connectivity index (χ3n) is 4.96. The number of fused-ring (bicyclic) bond motifs is 1. The van der Waals surface area contributed by atoms with Crippen LogP contribution in [0.25, 0.3) is 0 Å². The molecule has 4 heteroatoms. The Hall–Kier alpha value is -1.91. The highest BCUT2D eigenvalue weighted by molar-refractivity contribution is 5.35. The summed E-state index contributed by atoms with van der Waals surface area (Å²) in [5, 5.41) is 3.57. The first-order chi connectivity index (χ1) is 11.3. The number of likely N-dealkylation sites (tertiary alicyclic amines) is 1. The van der Waals surface area contributed by atoms with Crippen LogP contribution < -0.4 is 10.1 Å². The molecule has 3 heterocycles. The van der Waals surface area contributed by atoms with Crippen LogP contribution in [0, 0.1) is 0 Å². The number of hydrogen-bond donors (Lipinski definition) is 1. The van der Waals surface area contributed by atoms with Gasteiger partial charge in [-0.3, -0.25) is 9.88 Å². The number of nitrogens with one attached hydrogen (secondary N) is 1. The Morgan fingerprint density at radius 2 is 2.00 bits per heavy atom. The van der Waals surface area contributed by atoms with Gasteiger partial charge in [0, 0.05) is 63.5 Å². The Balaban J connectivity index is 1.42. The average Bonchev–Trinajstić information content (AvgIpc) is 2.77. The lowest BCUT2D eigenvalue weighted by atomic mass is 9.90. The lowest BCUT2D eigenvalue weighted by molar-refractivity contribution is 0.00375. The van der Waals surface area contributed by atoms with Crippen molar-refractivity contribution in [3.05, 3.63) is 59.9 Å². The normalized spacial score (nSPS) is 20.5. The Kier molecular flexibility index (Phi) is 4.02. The summed E-state index contributed by atoms with van der Waals surface area (Å²) in [4.78, 5) is 6.71. The van der Waals surface area contributed by atoms with E-state index in [1.54, 1.807) is 0 Å². The molecule has 0 unspecified atom stereocenters. The molecule has 4 nitrogen and oxygen atoms in total. The van der Waals surface area contributed by atoms with E-state index in [1.165, 1.54) is 11.1 Å². The van der Waals surface area contributed by atoms with E-state index in [1.807, 2.05) is 18.5 Å². The van der Waals surface area contributed by atoms with Crippen LogP contribution in [0.2, 0.25) is 0 Å². The van der Waals surface area contributed by atoms with Crippen molar-refractivity contribution >= 4 is 0 Å². The fourth-order valence-corrected chi connectivity index (χ4v) is 3.59. The standard InChI is InChI=1S/C19H23N3O/c1-2-6-18-17(5-1)13-21-15-19(23-18)7-10-22(11-8-19)14-16-4-3-9-20-12-16/h1-6,9,12,21H,7-8,10-11,13-15H2. The molecule has 1 aromatic carbocycles. The van der Waals surface area contributed by atoms with Crippen molar-refractivity contribution in [1.82, 2.24) is 15.2 Å². The van der Waals surface area contributed by atoms with E-state index in [4.69, 9.17) is 4.74 Å². The van der Waals surface area contributed by atoms with Crippen LogP contribution in [0.3, 0.4) is 0 Å². The predicted octanol–water partition coefficient (Wildman–Crippen LogP) is 2.60. The van der Waals surface area contributed by atoms with Crippen molar-refractivity contribution in [2.24, 2.45) is 0 Å². The van der Waals surface area contributed by atoms with E-state index in [0.29, 0.717) is 0 Å². The van der Waals surface area contributed by atoms with Gasteiger partial charge in [0.15, 0.2) is 0 Å². The number of pyridine rings is 1. The Labute approximate surface area is 137 Å². The van der Waals surface area contributed by atoms with Crippen molar-refractivity contribution in [2.75, 3.05) is 19.6 Å². The van der Waals surface area contributed by atoms with Gasteiger partial charge in [-0.1, -0.05) is 24.3 Å². The summed E-state index contributed by atoms with van der Waals surface area (Å²) < 4.78 is 6.48. The number of piperidine rings is 1. The van der Waals surface area contributed by atoms with Crippen LogP contribution >= 0.6 is 0 Å². The molecule has 0 amide bonds. The molecule has 0 atom stereocenters. The summed E-state index contributed by atoms with van der Waals surface area (Å²) in [5.74, 6) is 1.05. The van der Waals surface area contributed by atoms with E-state index in [9.17, 15) is 0 Å². The molecular formula is C19H23N3O. The molecule has 2 aromatic rings. The smallest absolute Gasteiger partial charge is 0.124 e. The molecule has 4 rings (SSSR count). The van der Waals surface area contributed by atoms with Crippen LogP contribution in [-0.4, -0.2) is 35.1 Å². The van der Waals surface area contributed by atoms with Crippen molar-refractivity contribution in [3.63, 3.8) is 0 Å². The fraction of sp³-hybridized carbons (Fsp3) is 0.421. The molecule has 0 aliphatic carbocycles. The maximum Gasteiger partial charge on any atom is 0.124 e. The topological polar surface area (TPSA) is 37.4 Å². The zero-order chi connectivity index (χ0) is 15.5. The van der Waals surface area contributed by atoms with Crippen LogP contribution in [0.5, 0.6) is 5.75 Å². The molecule has 0 radical (unpaired) electrons. The van der Waals surface area contributed by atoms with E-state index in [-0.39, 0.29) is 5.60 Å². The molecule has 1 N–H and O–H groups in total. The van der Waals surface area contributed by atoms with E-state index in [0.717, 1.165) is 51.3 Å². The second-order valence-electron chi connectivity index (χ2n) is 6.63. The maximum atomic E-state index is 6.48. The lowest BCUT2D eigenvalue weighted by Gasteiger charge is -2.41. The largest absolute Gasteiger partial charge is 0.486 e. The van der Waals surface area contributed by atoms with E-state index >= 15 is 0 Å². The molecule has 0 bridgehead atoms. The quantitative estimate of drug-likeness (QED) is 0.925. The second kappa shape index (κ2) is 6.30. The van der Waals surface area contributed by atoms with Gasteiger partial charge in [0.25, 0.3) is 0 Å². The molecule has 0 saturated carbocycles. The van der Waals surface area contributed by atoms with Crippen LogP contribution in [0.4, 0.5) is 0 Å². The molecule has 1 aromatic heterocycles. The number of nitrogens with zero attached hydrogens (tertiary/aromatic N) is 2. The van der Waals surface area contributed by atoms with Gasteiger partial charge < -0.3 is 10.1 Å². The summed E-state index contributed by atoms with van der Waals surface area (Å²) in [6, 6.07) is 12.6. The van der Waals surface area contributed by atoms with Crippen molar-refractivity contribution in [2.45, 2.75) is 31.5 Å². The molecule has 1 spiro atoms. The van der Waals surface area contributed by atoms with Gasteiger partial charge in [0.2, 0.25) is 0 Å². The van der Waals surface area contributed by atoms with Gasteiger partial charge in [-0.2, -0.15) is 0 Å². The van der Waals surface area contributed by atoms with Gasteiger partial charge in [-0.05, 0) is 17.7 Å². The minimum atomic E-state index is -0.0575. The first kappa shape index (κ1) is 14.7. The summed E-state index contributed by atoms with van der Waals surface area (Å²) in [6.45, 7) is 4.95. The molecule has 120 valence electrons. The molecule has 2 aliphatic heterocycles. The van der Waals surface area contributed by atoms with Gasteiger partial charge in [0.05, 0.1) is 0 Å². The van der Waals surface area contributed by atoms with Gasteiger partial charge in [-0.15, -0.1) is 0 Å². The minimum absolute atomic E-state index is 0.0575. The third-order valence-corrected chi connectivity index (χ3v) is 4.96. The summed E-state index contributed by atoms with van der Waals surface area (Å²) in [6.07, 6.45) is 5.92. The summed E-state index contributed by atoms with van der Waals surface area (Å²) in [7, 11) is 0. The molecule has 23 heavy (non-hydrogen) atoms. The summed E-state index contributed by atoms with van der Waals surface area (Å²) >= 11 is 0. The van der Waals surface area contributed by atoms with Crippen molar-refractivity contribution < 1.29 is 4.74 Å². The monoisotopic (exact) mass is 309 g/mol. The van der Waals surface area contributed by atoms with Gasteiger partial charge in [-0.25, -0.2) is 0 Å². The van der Waals surface area contributed by atoms with E-state index in [2.05, 4.69) is 45.5 Å². The number of para-hydroxylation sites is 1. The number of rotatable bonds is 2. The van der Waals surface area contributed by atoms with Crippen molar-refractivity contribution in [1.29, 1.82) is 0 Å². The first-order valence-electron chi connectivity index (χ1n) is 8.42. The van der Waals surface area contributed by atoms with Crippen molar-refractivity contribution in [3.8, 4) is 5.75 Å². The first-order valence-corrected chi connectivity index (χ1v) is 8.42. The Morgan fingerprint density at radius 1 is 1.13 bits per heavy atom. The number of benzene rings is 1. The van der Waals surface area contributed by atoms with Crippen LogP contribution in [0.1, 0.15) is 24.0 Å². The number of hydrogen-bond acceptors (Lipinski definition) is 4. The van der Waals surface area contributed by atoms with Gasteiger partial charge in [0.1, 0.15) is 11.4 Å². The molecule has 1 saturated heterocycles. The van der Waals surface area contributed by atoms with E-state index < -0.39 is 0 Å². The summed E-state index contributed by atoms with van der Waals surface area (Å²) in [5.41, 5.74) is 2.49. The number of ether oxygens (including phenoxy) is 1. The highest BCUT2D eigenvalue weighted by atomic mass is 16.5. The average molecular weight is 309 g/mol. The molecular weight excluding hydrogens is 286 g/mol. The maximum absolute atomic E-state index is 6.48. The highest BCUT2D eigenvalue weighted by Gasteiger charge is 2.38. The SMILES string of the molecule is c1cncc(CN2CCC3(CC2)CNCc2ccccc2O3)c1. The van der Waals surface area contributed by atoms with Gasteiger partial charge >= 0.3 is 0 Å². The minimum Gasteiger partial charge on any atom is -0.486 e. The van der Waals surface area contributed by atoms with Crippen LogP contribution in [-0.2, 0) is 13.1 Å². The Morgan fingerprint density at radius 3 is 2.83 bits per heavy atom. The second-order valence-corrected chi connectivity index (χ2v) is 6.63. The number of aromatic nitrogens is 1. The van der Waals surface area contributed by atoms with Crippen LogP contribution in [0.15, 0.2) is 48.8 Å². The molecule has 2 aliphatic rings. The zero-order valence-corrected chi connectivity index (χ0v) is 13.4. The third kappa shape index (κ3) is 3.23. The molecule has 1 fully saturated rings. The Bertz CT molecular complexity index is 651. The predicted molar refractivity (Wildman–Crippen MR) is 90.3 cm³/mol. The zero-order valence-electron chi connectivity index (χ0n) is 13.4. The highest BCUT2D eigenvalue weighted by Crippen LogP contribution is 2.33. The lowest BCUT2D eigenvalue weighted by Crippen LogP contribution is -2.52. The fourth-order valence-electron chi connectivity index (χ4n) is 3.59.